The maximum Gasteiger partial charge on any atom is 0.375 e. The van der Waals surface area contributed by atoms with Crippen molar-refractivity contribution in [3.05, 3.63) is 65.6 Å². The van der Waals surface area contributed by atoms with E-state index in [-0.39, 0.29) is 6.61 Å². The van der Waals surface area contributed by atoms with E-state index in [9.17, 15) is 4.79 Å². The molecular formula is C21H19NO4S. The fourth-order valence-corrected chi connectivity index (χ4v) is 4.20. The maximum absolute atomic E-state index is 12.7. The lowest BCUT2D eigenvalue weighted by Crippen LogP contribution is -2.12. The molecular weight excluding hydrogens is 362 g/mol. The van der Waals surface area contributed by atoms with Crippen LogP contribution in [0.25, 0.3) is 21.8 Å². The van der Waals surface area contributed by atoms with Crippen LogP contribution >= 0.6 is 11.3 Å². The Kier molecular flexibility index (Phi) is 4.83. The van der Waals surface area contributed by atoms with Gasteiger partial charge in [-0.15, -0.1) is 17.9 Å². The number of aromatic nitrogens is 1. The average molecular weight is 381 g/mol. The normalized spacial score (nSPS) is 12.2. The van der Waals surface area contributed by atoms with Crippen molar-refractivity contribution < 1.29 is 19.3 Å². The lowest BCUT2D eigenvalue weighted by Gasteiger charge is -2.21. The van der Waals surface area contributed by atoms with Crippen LogP contribution in [0.15, 0.2) is 54.4 Å². The smallest absolute Gasteiger partial charge is 0.375 e. The fraction of sp³-hybridized carbons (Fsp3) is 0.190. The predicted octanol–water partition coefficient (Wildman–Crippen LogP) is 4.72. The first kappa shape index (κ1) is 17.6. The van der Waals surface area contributed by atoms with Crippen LogP contribution in [0, 0.1) is 0 Å². The number of aryl methyl sites for hydroxylation is 1. The van der Waals surface area contributed by atoms with Crippen LogP contribution in [0.5, 0.6) is 5.75 Å². The standard InChI is InChI=1S/C21H19NO4S/c1-3-10-25-26-21(23)17-13-18-16-7-6-15(24-2)12-14(16)8-9-22(18)20(17)19-5-4-11-27-19/h3-7,11-13H,1,8-10H2,2H3. The van der Waals surface area contributed by atoms with Crippen LogP contribution in [0.1, 0.15) is 15.9 Å². The van der Waals surface area contributed by atoms with Gasteiger partial charge >= 0.3 is 5.97 Å². The number of carbonyl (C=O) groups excluding carboxylic acids is 1. The Bertz CT molecular complexity index is 988. The van der Waals surface area contributed by atoms with Crippen LogP contribution in [0.4, 0.5) is 0 Å². The molecule has 0 aliphatic carbocycles. The van der Waals surface area contributed by atoms with Crippen molar-refractivity contribution in [2.75, 3.05) is 13.7 Å². The predicted molar refractivity (Wildman–Crippen MR) is 105 cm³/mol. The van der Waals surface area contributed by atoms with Gasteiger partial charge < -0.3 is 9.30 Å². The van der Waals surface area contributed by atoms with Crippen molar-refractivity contribution in [3.63, 3.8) is 0 Å². The van der Waals surface area contributed by atoms with Crippen molar-refractivity contribution in [2.24, 2.45) is 0 Å². The topological polar surface area (TPSA) is 49.7 Å². The summed E-state index contributed by atoms with van der Waals surface area (Å²) in [5, 5.41) is 2.00. The van der Waals surface area contributed by atoms with Gasteiger partial charge in [0.05, 0.1) is 23.2 Å². The highest BCUT2D eigenvalue weighted by Crippen LogP contribution is 2.40. The van der Waals surface area contributed by atoms with E-state index in [2.05, 4.69) is 17.2 Å². The second-order valence-corrected chi connectivity index (χ2v) is 7.09. The van der Waals surface area contributed by atoms with E-state index in [4.69, 9.17) is 14.5 Å². The van der Waals surface area contributed by atoms with Crippen molar-refractivity contribution in [1.29, 1.82) is 0 Å². The maximum atomic E-state index is 12.7. The van der Waals surface area contributed by atoms with Gasteiger partial charge in [-0.05, 0) is 47.7 Å². The van der Waals surface area contributed by atoms with Crippen molar-refractivity contribution >= 4 is 17.3 Å². The Hall–Kier alpha value is -2.83. The summed E-state index contributed by atoms with van der Waals surface area (Å²) in [6.07, 6.45) is 2.40. The number of ether oxygens (including phenoxy) is 1. The van der Waals surface area contributed by atoms with Crippen LogP contribution in [0.3, 0.4) is 0 Å². The highest BCUT2D eigenvalue weighted by Gasteiger charge is 2.28. The van der Waals surface area contributed by atoms with E-state index in [0.29, 0.717) is 5.56 Å². The molecule has 0 N–H and O–H groups in total. The Morgan fingerprint density at radius 3 is 2.96 bits per heavy atom. The zero-order valence-corrected chi connectivity index (χ0v) is 15.8. The number of hydrogen-bond donors (Lipinski definition) is 0. The molecule has 3 heterocycles. The van der Waals surface area contributed by atoms with E-state index in [0.717, 1.165) is 40.5 Å². The summed E-state index contributed by atoms with van der Waals surface area (Å²) in [5.74, 6) is 0.335. The molecule has 2 aromatic heterocycles. The van der Waals surface area contributed by atoms with Gasteiger partial charge in [0, 0.05) is 17.8 Å². The number of rotatable bonds is 6. The lowest BCUT2D eigenvalue weighted by atomic mass is 9.98. The second-order valence-electron chi connectivity index (χ2n) is 6.14. The average Bonchev–Trinajstić information content (AvgIpc) is 3.34. The molecule has 0 radical (unpaired) electrons. The number of fused-ring (bicyclic) bond motifs is 3. The summed E-state index contributed by atoms with van der Waals surface area (Å²) < 4.78 is 7.53. The minimum absolute atomic E-state index is 0.149. The highest BCUT2D eigenvalue weighted by molar-refractivity contribution is 7.13. The number of carbonyl (C=O) groups is 1. The summed E-state index contributed by atoms with van der Waals surface area (Å²) in [6.45, 7) is 4.48. The van der Waals surface area contributed by atoms with E-state index in [1.807, 2.05) is 35.7 Å². The zero-order chi connectivity index (χ0) is 18.8. The summed E-state index contributed by atoms with van der Waals surface area (Å²) in [7, 11) is 1.67. The molecule has 6 heteroatoms. The molecule has 0 saturated heterocycles. The molecule has 0 unspecified atom stereocenters. The molecule has 0 atom stereocenters. The van der Waals surface area contributed by atoms with E-state index in [1.54, 1.807) is 18.4 Å². The van der Waals surface area contributed by atoms with E-state index < -0.39 is 5.97 Å². The van der Waals surface area contributed by atoms with Gasteiger partial charge in [-0.1, -0.05) is 12.1 Å². The molecule has 1 aliphatic rings. The molecule has 4 rings (SSSR count). The van der Waals surface area contributed by atoms with Crippen molar-refractivity contribution in [2.45, 2.75) is 13.0 Å². The second kappa shape index (κ2) is 7.42. The highest BCUT2D eigenvalue weighted by atomic mass is 32.1. The first-order valence-electron chi connectivity index (χ1n) is 8.62. The Morgan fingerprint density at radius 1 is 1.33 bits per heavy atom. The van der Waals surface area contributed by atoms with Crippen LogP contribution in [0.2, 0.25) is 0 Å². The molecule has 1 aliphatic heterocycles. The van der Waals surface area contributed by atoms with Gasteiger partial charge in [-0.25, -0.2) is 4.79 Å². The monoisotopic (exact) mass is 381 g/mol. The van der Waals surface area contributed by atoms with Gasteiger partial charge in [0.1, 0.15) is 12.4 Å². The Labute approximate surface area is 161 Å². The molecule has 27 heavy (non-hydrogen) atoms. The Morgan fingerprint density at radius 2 is 2.22 bits per heavy atom. The van der Waals surface area contributed by atoms with Crippen LogP contribution in [-0.2, 0) is 22.7 Å². The quantitative estimate of drug-likeness (QED) is 0.268. The van der Waals surface area contributed by atoms with Crippen LogP contribution < -0.4 is 4.74 Å². The third-order valence-corrected chi connectivity index (χ3v) is 5.46. The zero-order valence-electron chi connectivity index (χ0n) is 14.9. The molecule has 3 aromatic rings. The van der Waals surface area contributed by atoms with Crippen molar-refractivity contribution in [1.82, 2.24) is 4.57 Å². The fourth-order valence-electron chi connectivity index (χ4n) is 3.41. The largest absolute Gasteiger partial charge is 0.497 e. The molecule has 0 spiro atoms. The summed E-state index contributed by atoms with van der Waals surface area (Å²) >= 11 is 1.60. The summed E-state index contributed by atoms with van der Waals surface area (Å²) in [6, 6.07) is 11.9. The Balaban J connectivity index is 1.82. The summed E-state index contributed by atoms with van der Waals surface area (Å²) in [4.78, 5) is 23.6. The molecule has 0 bridgehead atoms. The minimum Gasteiger partial charge on any atom is -0.497 e. The van der Waals surface area contributed by atoms with E-state index in [1.165, 1.54) is 11.6 Å². The summed E-state index contributed by atoms with van der Waals surface area (Å²) in [5.41, 5.74) is 4.68. The number of benzene rings is 1. The van der Waals surface area contributed by atoms with Gasteiger partial charge in [-0.2, -0.15) is 4.89 Å². The lowest BCUT2D eigenvalue weighted by molar-refractivity contribution is -0.231. The third-order valence-electron chi connectivity index (χ3n) is 4.58. The van der Waals surface area contributed by atoms with Crippen LogP contribution in [-0.4, -0.2) is 24.3 Å². The number of hydrogen-bond acceptors (Lipinski definition) is 5. The SMILES string of the molecule is C=CCOOC(=O)c1cc2n(c1-c1cccs1)CCc1cc(OC)ccc1-2. The molecule has 0 saturated carbocycles. The van der Waals surface area contributed by atoms with Gasteiger partial charge in [0.2, 0.25) is 0 Å². The number of methoxy groups -OCH3 is 1. The first-order valence-corrected chi connectivity index (χ1v) is 9.50. The molecule has 0 amide bonds. The molecule has 0 fully saturated rings. The molecule has 138 valence electrons. The minimum atomic E-state index is -0.503. The molecule has 1 aromatic carbocycles. The number of nitrogens with zero attached hydrogens (tertiary/aromatic N) is 1. The van der Waals surface area contributed by atoms with Gasteiger partial charge in [0.15, 0.2) is 0 Å². The van der Waals surface area contributed by atoms with Gasteiger partial charge in [0.25, 0.3) is 0 Å². The third kappa shape index (κ3) is 3.18. The van der Waals surface area contributed by atoms with Gasteiger partial charge in [-0.3, -0.25) is 4.89 Å². The molecule has 5 nitrogen and oxygen atoms in total. The number of thiophene rings is 1. The van der Waals surface area contributed by atoms with Crippen molar-refractivity contribution in [3.8, 4) is 27.6 Å². The first-order chi connectivity index (χ1) is 13.2. The van der Waals surface area contributed by atoms with E-state index >= 15 is 0 Å².